The molecular formula is C18H12Cl2F3N7O. The Morgan fingerprint density at radius 3 is 2.68 bits per heavy atom. The van der Waals surface area contributed by atoms with Crippen LogP contribution in [0.25, 0.3) is 0 Å². The molecule has 2 aliphatic heterocycles. The van der Waals surface area contributed by atoms with Crippen molar-refractivity contribution in [3.8, 4) is 0 Å². The highest BCUT2D eigenvalue weighted by atomic mass is 35.5. The minimum atomic E-state index is -4.55. The highest BCUT2D eigenvalue weighted by molar-refractivity contribution is 6.47. The van der Waals surface area contributed by atoms with Gasteiger partial charge in [0.1, 0.15) is 11.5 Å². The number of halogens is 5. The minimum Gasteiger partial charge on any atom is -0.346 e. The lowest BCUT2D eigenvalue weighted by Gasteiger charge is -2.16. The van der Waals surface area contributed by atoms with Crippen molar-refractivity contribution in [2.45, 2.75) is 12.2 Å². The molecule has 4 rings (SSSR count). The van der Waals surface area contributed by atoms with Crippen LogP contribution < -0.4 is 16.0 Å². The van der Waals surface area contributed by atoms with E-state index in [-0.39, 0.29) is 24.1 Å². The average molecular weight is 470 g/mol. The van der Waals surface area contributed by atoms with Gasteiger partial charge in [-0.15, -0.1) is 0 Å². The smallest absolute Gasteiger partial charge is 0.346 e. The van der Waals surface area contributed by atoms with Crippen LogP contribution in [0.3, 0.4) is 0 Å². The van der Waals surface area contributed by atoms with Crippen molar-refractivity contribution in [1.82, 2.24) is 15.3 Å². The van der Waals surface area contributed by atoms with E-state index in [0.717, 1.165) is 18.3 Å². The third-order valence-corrected chi connectivity index (χ3v) is 4.87. The molecule has 1 unspecified atom stereocenters. The molecule has 4 heterocycles. The summed E-state index contributed by atoms with van der Waals surface area (Å²) in [4.78, 5) is 28.6. The molecule has 3 N–H and O–H groups in total. The molecule has 0 saturated heterocycles. The van der Waals surface area contributed by atoms with Crippen molar-refractivity contribution in [3.63, 3.8) is 0 Å². The van der Waals surface area contributed by atoms with Crippen LogP contribution in [0.1, 0.15) is 5.56 Å². The van der Waals surface area contributed by atoms with E-state index in [1.54, 1.807) is 0 Å². The maximum Gasteiger partial charge on any atom is 0.416 e. The first-order valence-electron chi connectivity index (χ1n) is 8.72. The number of anilines is 2. The highest BCUT2D eigenvalue weighted by Gasteiger charge is 2.31. The number of hydrogen-bond acceptors (Lipinski definition) is 7. The molecule has 1 amide bonds. The molecule has 0 radical (unpaired) electrons. The lowest BCUT2D eigenvalue weighted by Crippen LogP contribution is -2.38. The summed E-state index contributed by atoms with van der Waals surface area (Å²) < 4.78 is 38.5. The van der Waals surface area contributed by atoms with Gasteiger partial charge in [-0.3, -0.25) is 14.8 Å². The van der Waals surface area contributed by atoms with Gasteiger partial charge in [-0.1, -0.05) is 23.2 Å². The fraction of sp³-hybridized carbons (Fsp3) is 0.167. The Morgan fingerprint density at radius 1 is 1.23 bits per heavy atom. The van der Waals surface area contributed by atoms with Crippen LogP contribution in [0.15, 0.2) is 52.5 Å². The molecule has 2 aliphatic rings. The van der Waals surface area contributed by atoms with Gasteiger partial charge in [0.15, 0.2) is 0 Å². The Balaban J connectivity index is 1.48. The molecule has 1 atom stereocenters. The fourth-order valence-corrected chi connectivity index (χ4v) is 3.29. The van der Waals surface area contributed by atoms with Crippen LogP contribution >= 0.6 is 23.2 Å². The molecular weight excluding hydrogens is 458 g/mol. The molecule has 31 heavy (non-hydrogen) atoms. The third-order valence-electron chi connectivity index (χ3n) is 4.30. The molecule has 0 aromatic carbocycles. The number of hydrogen-bond donors (Lipinski definition) is 3. The second kappa shape index (κ2) is 8.16. The number of pyridine rings is 2. The number of rotatable bonds is 3. The van der Waals surface area contributed by atoms with Gasteiger partial charge in [0, 0.05) is 18.6 Å². The lowest BCUT2D eigenvalue weighted by atomic mass is 10.1. The van der Waals surface area contributed by atoms with E-state index in [9.17, 15) is 18.0 Å². The Kier molecular flexibility index (Phi) is 5.54. The Labute approximate surface area is 183 Å². The van der Waals surface area contributed by atoms with Gasteiger partial charge in [0.2, 0.25) is 5.96 Å². The van der Waals surface area contributed by atoms with E-state index in [2.05, 4.69) is 35.9 Å². The topological polar surface area (TPSA) is 104 Å². The SMILES string of the molecule is O=C(Nc1cc(C(F)(F)F)ccn1)C1=NCC2NC(Nc3c(Cl)cncc3Cl)=NC2=C1. The fourth-order valence-electron chi connectivity index (χ4n) is 2.83. The molecule has 2 aromatic rings. The van der Waals surface area contributed by atoms with E-state index in [1.807, 2.05) is 0 Å². The van der Waals surface area contributed by atoms with Gasteiger partial charge in [-0.25, -0.2) is 9.98 Å². The summed E-state index contributed by atoms with van der Waals surface area (Å²) >= 11 is 12.2. The molecule has 8 nitrogen and oxygen atoms in total. The van der Waals surface area contributed by atoms with Crippen molar-refractivity contribution in [3.05, 3.63) is 58.1 Å². The number of guanidine groups is 1. The Hall–Kier alpha value is -3.18. The number of nitrogens with one attached hydrogen (secondary N) is 3. The van der Waals surface area contributed by atoms with Gasteiger partial charge >= 0.3 is 6.18 Å². The number of aromatic nitrogens is 2. The third kappa shape index (κ3) is 4.62. The van der Waals surface area contributed by atoms with Crippen molar-refractivity contribution in [2.75, 3.05) is 17.2 Å². The number of dihydropyridines is 1. The molecule has 2 aromatic heterocycles. The van der Waals surface area contributed by atoms with E-state index in [1.165, 1.54) is 18.5 Å². The minimum absolute atomic E-state index is 0.0113. The second-order valence-electron chi connectivity index (χ2n) is 6.44. The summed E-state index contributed by atoms with van der Waals surface area (Å²) in [5.41, 5.74) is 0.0204. The van der Waals surface area contributed by atoms with E-state index < -0.39 is 17.6 Å². The molecule has 13 heteroatoms. The van der Waals surface area contributed by atoms with Crippen LogP contribution in [0.2, 0.25) is 10.0 Å². The van der Waals surface area contributed by atoms with E-state index >= 15 is 0 Å². The maximum atomic E-state index is 12.8. The number of amides is 1. The van der Waals surface area contributed by atoms with Gasteiger partial charge in [-0.05, 0) is 18.2 Å². The van der Waals surface area contributed by atoms with Crippen LogP contribution in [-0.4, -0.2) is 40.1 Å². The monoisotopic (exact) mass is 469 g/mol. The van der Waals surface area contributed by atoms with Crippen LogP contribution in [0.4, 0.5) is 24.7 Å². The van der Waals surface area contributed by atoms with Crippen LogP contribution in [-0.2, 0) is 11.0 Å². The van der Waals surface area contributed by atoms with Crippen molar-refractivity contribution < 1.29 is 18.0 Å². The molecule has 0 bridgehead atoms. The zero-order valence-electron chi connectivity index (χ0n) is 15.3. The number of carbonyl (C=O) groups is 1. The van der Waals surface area contributed by atoms with Crippen molar-refractivity contribution in [1.29, 1.82) is 0 Å². The predicted octanol–water partition coefficient (Wildman–Crippen LogP) is 3.52. The van der Waals surface area contributed by atoms with Crippen LogP contribution in [0, 0.1) is 0 Å². The van der Waals surface area contributed by atoms with Crippen LogP contribution in [0.5, 0.6) is 0 Å². The Bertz CT molecular complexity index is 1130. The summed E-state index contributed by atoms with van der Waals surface area (Å²) in [6.45, 7) is 0.192. The lowest BCUT2D eigenvalue weighted by molar-refractivity contribution is -0.137. The number of alkyl halides is 3. The number of aliphatic imine (C=N–C) groups is 2. The Morgan fingerprint density at radius 2 is 1.97 bits per heavy atom. The van der Waals surface area contributed by atoms with Gasteiger partial charge < -0.3 is 16.0 Å². The summed E-state index contributed by atoms with van der Waals surface area (Å²) in [5, 5.41) is 8.96. The van der Waals surface area contributed by atoms with Gasteiger partial charge in [0.05, 0.1) is 39.6 Å². The molecule has 0 fully saturated rings. The first-order valence-corrected chi connectivity index (χ1v) is 9.48. The largest absolute Gasteiger partial charge is 0.416 e. The summed E-state index contributed by atoms with van der Waals surface area (Å²) in [7, 11) is 0. The van der Waals surface area contributed by atoms with E-state index in [0.29, 0.717) is 27.4 Å². The number of fused-ring (bicyclic) bond motifs is 1. The first kappa shape index (κ1) is 21.1. The van der Waals surface area contributed by atoms with Gasteiger partial charge in [0.25, 0.3) is 5.91 Å². The zero-order chi connectivity index (χ0) is 22.2. The highest BCUT2D eigenvalue weighted by Crippen LogP contribution is 2.31. The summed E-state index contributed by atoms with van der Waals surface area (Å²) in [6, 6.07) is 1.27. The predicted molar refractivity (Wildman–Crippen MR) is 110 cm³/mol. The molecule has 0 aliphatic carbocycles. The quantitative estimate of drug-likeness (QED) is 0.637. The maximum absolute atomic E-state index is 12.8. The molecule has 0 spiro atoms. The first-order chi connectivity index (χ1) is 14.7. The average Bonchev–Trinajstić information content (AvgIpc) is 3.12. The summed E-state index contributed by atoms with van der Waals surface area (Å²) in [6.07, 6.45) is 0.701. The number of nitrogens with zero attached hydrogens (tertiary/aromatic N) is 4. The number of carbonyl (C=O) groups excluding carboxylic acids is 1. The summed E-state index contributed by atoms with van der Waals surface area (Å²) in [5.74, 6) is -0.585. The van der Waals surface area contributed by atoms with Crippen molar-refractivity contribution >= 4 is 52.3 Å². The zero-order valence-corrected chi connectivity index (χ0v) is 16.8. The van der Waals surface area contributed by atoms with E-state index in [4.69, 9.17) is 23.2 Å². The molecule has 0 saturated carbocycles. The second-order valence-corrected chi connectivity index (χ2v) is 7.25. The normalized spacial score (nSPS) is 17.7. The van der Waals surface area contributed by atoms with Crippen molar-refractivity contribution in [2.24, 2.45) is 9.98 Å². The molecule has 160 valence electrons. The van der Waals surface area contributed by atoms with Gasteiger partial charge in [-0.2, -0.15) is 13.2 Å². The standard InChI is InChI=1S/C18H12Cl2F3N7O/c19-9-5-24-6-10(20)15(9)30-17-27-11-4-12(26-7-13(11)28-17)16(31)29-14-3-8(1-2-25-14)18(21,22)23/h1-6,13H,7H2,(H,25,29,31)(H2,24,27,28,30).